The maximum absolute atomic E-state index is 12.5. The molecule has 2 heterocycles. The number of aromatic nitrogens is 1. The zero-order chi connectivity index (χ0) is 17.6. The van der Waals surface area contributed by atoms with Gasteiger partial charge in [-0.2, -0.15) is 0 Å². The molecule has 132 valence electrons. The van der Waals surface area contributed by atoms with Gasteiger partial charge in [-0.1, -0.05) is 37.3 Å². The number of ether oxygens (including phenoxy) is 1. The van der Waals surface area contributed by atoms with Gasteiger partial charge in [0.1, 0.15) is 5.82 Å². The Morgan fingerprint density at radius 2 is 1.92 bits per heavy atom. The summed E-state index contributed by atoms with van der Waals surface area (Å²) in [5.41, 5.74) is 7.84. The van der Waals surface area contributed by atoms with Gasteiger partial charge in [-0.25, -0.2) is 4.98 Å². The Balaban J connectivity index is 1.60. The number of carbonyl (C=O) groups is 1. The SMILES string of the molecule is CC(C(=O)Nc1ccc(N2CCOCC2)nc1)C(N)c1ccccc1. The number of hydrogen-bond acceptors (Lipinski definition) is 5. The molecule has 1 aliphatic rings. The molecule has 0 bridgehead atoms. The minimum atomic E-state index is -0.346. The predicted molar refractivity (Wildman–Crippen MR) is 98.4 cm³/mol. The topological polar surface area (TPSA) is 80.5 Å². The second-order valence-corrected chi connectivity index (χ2v) is 6.22. The smallest absolute Gasteiger partial charge is 0.229 e. The fourth-order valence-electron chi connectivity index (χ4n) is 2.82. The molecule has 1 amide bonds. The summed E-state index contributed by atoms with van der Waals surface area (Å²) in [7, 11) is 0. The third-order valence-corrected chi connectivity index (χ3v) is 4.49. The van der Waals surface area contributed by atoms with Crippen LogP contribution >= 0.6 is 0 Å². The van der Waals surface area contributed by atoms with E-state index in [0.29, 0.717) is 5.69 Å². The van der Waals surface area contributed by atoms with Crippen molar-refractivity contribution in [3.8, 4) is 0 Å². The van der Waals surface area contributed by atoms with Gasteiger partial charge in [0.15, 0.2) is 0 Å². The van der Waals surface area contributed by atoms with Crippen LogP contribution in [-0.2, 0) is 9.53 Å². The quantitative estimate of drug-likeness (QED) is 0.872. The summed E-state index contributed by atoms with van der Waals surface area (Å²) in [5.74, 6) is 0.439. The molecular weight excluding hydrogens is 316 g/mol. The minimum Gasteiger partial charge on any atom is -0.378 e. The second-order valence-electron chi connectivity index (χ2n) is 6.22. The Morgan fingerprint density at radius 1 is 1.20 bits per heavy atom. The Hall–Kier alpha value is -2.44. The average Bonchev–Trinajstić information content (AvgIpc) is 2.68. The van der Waals surface area contributed by atoms with E-state index in [1.54, 1.807) is 6.20 Å². The van der Waals surface area contributed by atoms with E-state index in [0.717, 1.165) is 37.7 Å². The van der Waals surface area contributed by atoms with Crippen molar-refractivity contribution < 1.29 is 9.53 Å². The summed E-state index contributed by atoms with van der Waals surface area (Å²) in [6, 6.07) is 13.1. The van der Waals surface area contributed by atoms with Crippen LogP contribution < -0.4 is 16.0 Å². The van der Waals surface area contributed by atoms with Gasteiger partial charge in [0.25, 0.3) is 0 Å². The first-order chi connectivity index (χ1) is 12.1. The molecule has 1 fully saturated rings. The van der Waals surface area contributed by atoms with Gasteiger partial charge in [-0.3, -0.25) is 4.79 Å². The van der Waals surface area contributed by atoms with E-state index in [1.807, 2.05) is 49.4 Å². The molecule has 6 nitrogen and oxygen atoms in total. The molecule has 1 aliphatic heterocycles. The van der Waals surface area contributed by atoms with Gasteiger partial charge in [0, 0.05) is 19.1 Å². The van der Waals surface area contributed by atoms with E-state index in [1.165, 1.54) is 0 Å². The monoisotopic (exact) mass is 340 g/mol. The maximum atomic E-state index is 12.5. The van der Waals surface area contributed by atoms with Gasteiger partial charge in [0.2, 0.25) is 5.91 Å². The molecule has 2 aromatic rings. The molecule has 1 aromatic carbocycles. The van der Waals surface area contributed by atoms with Crippen molar-refractivity contribution in [1.82, 2.24) is 4.98 Å². The summed E-state index contributed by atoms with van der Waals surface area (Å²) in [6.07, 6.45) is 1.68. The minimum absolute atomic E-state index is 0.114. The first-order valence-corrected chi connectivity index (χ1v) is 8.55. The lowest BCUT2D eigenvalue weighted by atomic mass is 9.94. The highest BCUT2D eigenvalue weighted by atomic mass is 16.5. The lowest BCUT2D eigenvalue weighted by Gasteiger charge is -2.27. The first-order valence-electron chi connectivity index (χ1n) is 8.55. The van der Waals surface area contributed by atoms with Crippen molar-refractivity contribution in [2.24, 2.45) is 11.7 Å². The molecular formula is C19H24N4O2. The van der Waals surface area contributed by atoms with Crippen LogP contribution in [0.1, 0.15) is 18.5 Å². The highest BCUT2D eigenvalue weighted by Crippen LogP contribution is 2.21. The highest BCUT2D eigenvalue weighted by Gasteiger charge is 2.22. The highest BCUT2D eigenvalue weighted by molar-refractivity contribution is 5.92. The van der Waals surface area contributed by atoms with Crippen LogP contribution in [0.5, 0.6) is 0 Å². The van der Waals surface area contributed by atoms with E-state index in [9.17, 15) is 4.79 Å². The standard InChI is InChI=1S/C19H24N4O2/c1-14(18(20)15-5-3-2-4-6-15)19(24)22-16-7-8-17(21-13-16)23-9-11-25-12-10-23/h2-8,13-14,18H,9-12,20H2,1H3,(H,22,24). The summed E-state index contributed by atoms with van der Waals surface area (Å²) >= 11 is 0. The van der Waals surface area contributed by atoms with Gasteiger partial charge in [-0.05, 0) is 17.7 Å². The molecule has 25 heavy (non-hydrogen) atoms. The average molecular weight is 340 g/mol. The number of nitrogens with one attached hydrogen (secondary N) is 1. The largest absolute Gasteiger partial charge is 0.378 e. The number of benzene rings is 1. The van der Waals surface area contributed by atoms with Gasteiger partial charge in [-0.15, -0.1) is 0 Å². The Morgan fingerprint density at radius 3 is 2.56 bits per heavy atom. The normalized spacial score (nSPS) is 17.0. The van der Waals surface area contributed by atoms with Crippen molar-refractivity contribution in [3.63, 3.8) is 0 Å². The van der Waals surface area contributed by atoms with Crippen molar-refractivity contribution in [1.29, 1.82) is 0 Å². The van der Waals surface area contributed by atoms with Crippen molar-refractivity contribution in [3.05, 3.63) is 54.2 Å². The van der Waals surface area contributed by atoms with Crippen molar-refractivity contribution >= 4 is 17.4 Å². The fraction of sp³-hybridized carbons (Fsp3) is 0.368. The molecule has 0 aliphatic carbocycles. The number of hydrogen-bond donors (Lipinski definition) is 2. The summed E-state index contributed by atoms with van der Waals surface area (Å²) in [6.45, 7) is 4.94. The number of pyridine rings is 1. The molecule has 2 unspecified atom stereocenters. The van der Waals surface area contributed by atoms with E-state index >= 15 is 0 Å². The molecule has 6 heteroatoms. The third kappa shape index (κ3) is 4.35. The Bertz CT molecular complexity index is 684. The summed E-state index contributed by atoms with van der Waals surface area (Å²) in [4.78, 5) is 19.1. The van der Waals surface area contributed by atoms with Crippen LogP contribution in [0.25, 0.3) is 0 Å². The van der Waals surface area contributed by atoms with E-state index in [2.05, 4.69) is 15.2 Å². The third-order valence-electron chi connectivity index (χ3n) is 4.49. The Labute approximate surface area is 148 Å². The van der Waals surface area contributed by atoms with Crippen LogP contribution in [0, 0.1) is 5.92 Å². The molecule has 3 rings (SSSR count). The zero-order valence-corrected chi connectivity index (χ0v) is 14.4. The van der Waals surface area contributed by atoms with E-state index in [-0.39, 0.29) is 17.9 Å². The number of anilines is 2. The molecule has 2 atom stereocenters. The van der Waals surface area contributed by atoms with Gasteiger partial charge < -0.3 is 20.7 Å². The second kappa shape index (κ2) is 8.09. The van der Waals surface area contributed by atoms with Gasteiger partial charge in [0.05, 0.1) is 31.0 Å². The van der Waals surface area contributed by atoms with Crippen molar-refractivity contribution in [2.75, 3.05) is 36.5 Å². The predicted octanol–water partition coefficient (Wildman–Crippen LogP) is 2.19. The zero-order valence-electron chi connectivity index (χ0n) is 14.4. The molecule has 0 radical (unpaired) electrons. The summed E-state index contributed by atoms with van der Waals surface area (Å²) in [5, 5.41) is 2.90. The number of morpholine rings is 1. The molecule has 1 saturated heterocycles. The molecule has 3 N–H and O–H groups in total. The van der Waals surface area contributed by atoms with Crippen molar-refractivity contribution in [2.45, 2.75) is 13.0 Å². The Kier molecular flexibility index (Phi) is 5.63. The van der Waals surface area contributed by atoms with Crippen LogP contribution in [0.15, 0.2) is 48.7 Å². The number of rotatable bonds is 5. The number of carbonyl (C=O) groups excluding carboxylic acids is 1. The molecule has 0 saturated carbocycles. The fourth-order valence-corrected chi connectivity index (χ4v) is 2.82. The van der Waals surface area contributed by atoms with E-state index in [4.69, 9.17) is 10.5 Å². The lowest BCUT2D eigenvalue weighted by Crippen LogP contribution is -2.36. The first kappa shape index (κ1) is 17.4. The summed E-state index contributed by atoms with van der Waals surface area (Å²) < 4.78 is 5.34. The van der Waals surface area contributed by atoms with E-state index < -0.39 is 0 Å². The maximum Gasteiger partial charge on any atom is 0.229 e. The molecule has 1 aromatic heterocycles. The number of nitrogens with zero attached hydrogens (tertiary/aromatic N) is 2. The lowest BCUT2D eigenvalue weighted by molar-refractivity contribution is -0.120. The van der Waals surface area contributed by atoms with Crippen LogP contribution in [0.3, 0.4) is 0 Å². The number of amides is 1. The molecule has 0 spiro atoms. The van der Waals surface area contributed by atoms with Gasteiger partial charge >= 0.3 is 0 Å². The number of nitrogens with two attached hydrogens (primary N) is 1. The van der Waals surface area contributed by atoms with Crippen LogP contribution in [0.4, 0.5) is 11.5 Å². The van der Waals surface area contributed by atoms with Crippen LogP contribution in [0.2, 0.25) is 0 Å². The van der Waals surface area contributed by atoms with Crippen LogP contribution in [-0.4, -0.2) is 37.2 Å².